The van der Waals surface area contributed by atoms with Crippen LogP contribution in [0.15, 0.2) is 48.8 Å². The van der Waals surface area contributed by atoms with E-state index in [1.165, 1.54) is 30.5 Å². The summed E-state index contributed by atoms with van der Waals surface area (Å²) >= 11 is 1.53. The first-order chi connectivity index (χ1) is 12.7. The van der Waals surface area contributed by atoms with Crippen LogP contribution in [-0.2, 0) is 20.9 Å². The van der Waals surface area contributed by atoms with Crippen molar-refractivity contribution in [2.45, 2.75) is 11.8 Å². The second-order valence-corrected chi connectivity index (χ2v) is 7.27. The third-order valence-electron chi connectivity index (χ3n) is 4.10. The molecule has 1 aliphatic rings. The van der Waals surface area contributed by atoms with Gasteiger partial charge in [-0.3, -0.25) is 14.3 Å². The molecule has 0 unspecified atom stereocenters. The van der Waals surface area contributed by atoms with Crippen LogP contribution >= 0.6 is 11.8 Å². The third-order valence-corrected chi connectivity index (χ3v) is 5.26. The van der Waals surface area contributed by atoms with E-state index in [1.807, 2.05) is 41.2 Å². The lowest BCUT2D eigenvalue weighted by Gasteiger charge is -2.30. The van der Waals surface area contributed by atoms with Crippen molar-refractivity contribution in [3.63, 3.8) is 0 Å². The molecule has 0 saturated carbocycles. The van der Waals surface area contributed by atoms with Crippen LogP contribution in [0.3, 0.4) is 0 Å². The maximum atomic E-state index is 12.4. The number of hydrogen-bond acceptors (Lipinski definition) is 5. The number of benzene rings is 1. The lowest BCUT2D eigenvalue weighted by Crippen LogP contribution is -2.44. The van der Waals surface area contributed by atoms with Gasteiger partial charge in [0.15, 0.2) is 0 Å². The number of thioether (sulfide) groups is 1. The van der Waals surface area contributed by atoms with Crippen LogP contribution in [0, 0.1) is 0 Å². The van der Waals surface area contributed by atoms with E-state index in [-0.39, 0.29) is 17.1 Å². The Morgan fingerprint density at radius 1 is 1.35 bits per heavy atom. The number of ether oxygens (including phenoxy) is 1. The monoisotopic (exact) mass is 371 g/mol. The lowest BCUT2D eigenvalue weighted by atomic mass is 10.2. The highest BCUT2D eigenvalue weighted by atomic mass is 32.2. The van der Waals surface area contributed by atoms with Crippen LogP contribution < -0.4 is 0 Å². The molecule has 1 atom stereocenters. The summed E-state index contributed by atoms with van der Waals surface area (Å²) in [7, 11) is 1.37. The van der Waals surface area contributed by atoms with Crippen molar-refractivity contribution in [3.8, 4) is 0 Å². The Hall–Kier alpha value is -2.54. The predicted molar refractivity (Wildman–Crippen MR) is 102 cm³/mol. The molecule has 1 saturated heterocycles. The first-order valence-corrected chi connectivity index (χ1v) is 9.43. The molecule has 0 bridgehead atoms. The van der Waals surface area contributed by atoms with Gasteiger partial charge in [0.25, 0.3) is 0 Å². The average molecular weight is 371 g/mol. The fourth-order valence-corrected chi connectivity index (χ4v) is 3.85. The van der Waals surface area contributed by atoms with Gasteiger partial charge in [0.05, 0.1) is 19.9 Å². The minimum atomic E-state index is -0.306. The standard InChI is InChI=1S/C19H21N3O3S/c1-25-19(24)17-14-21(9-10-26-17)18(23)8-7-16-11-20-22(13-16)12-15-5-3-2-4-6-15/h2-8,11,13,17H,9-10,12,14H2,1H3/b8-7+/t17-/m1/s1. The zero-order valence-electron chi connectivity index (χ0n) is 14.6. The fraction of sp³-hybridized carbons (Fsp3) is 0.316. The van der Waals surface area contributed by atoms with E-state index < -0.39 is 0 Å². The number of hydrogen-bond donors (Lipinski definition) is 0. The summed E-state index contributed by atoms with van der Waals surface area (Å²) in [5.41, 5.74) is 2.03. The molecule has 0 aliphatic carbocycles. The van der Waals surface area contributed by atoms with Gasteiger partial charge in [-0.1, -0.05) is 30.3 Å². The van der Waals surface area contributed by atoms with Crippen molar-refractivity contribution in [3.05, 3.63) is 59.9 Å². The van der Waals surface area contributed by atoms with Gasteiger partial charge in [-0.2, -0.15) is 5.10 Å². The molecule has 0 spiro atoms. The molecule has 1 amide bonds. The topological polar surface area (TPSA) is 64.4 Å². The molecule has 0 radical (unpaired) electrons. The highest BCUT2D eigenvalue weighted by Crippen LogP contribution is 2.20. The van der Waals surface area contributed by atoms with E-state index in [4.69, 9.17) is 4.74 Å². The lowest BCUT2D eigenvalue weighted by molar-refractivity contribution is -0.140. The van der Waals surface area contributed by atoms with E-state index in [2.05, 4.69) is 5.10 Å². The van der Waals surface area contributed by atoms with Crippen LogP contribution in [0.4, 0.5) is 0 Å². The van der Waals surface area contributed by atoms with Gasteiger partial charge < -0.3 is 9.64 Å². The number of rotatable bonds is 5. The van der Waals surface area contributed by atoms with Gasteiger partial charge in [-0.05, 0) is 11.6 Å². The SMILES string of the molecule is COC(=O)[C@H]1CN(C(=O)/C=C/c2cnn(Cc3ccccc3)c2)CCS1. The van der Waals surface area contributed by atoms with Gasteiger partial charge in [0.2, 0.25) is 5.91 Å². The molecule has 6 nitrogen and oxygen atoms in total. The van der Waals surface area contributed by atoms with E-state index in [1.54, 1.807) is 17.2 Å². The highest BCUT2D eigenvalue weighted by molar-refractivity contribution is 8.00. The van der Waals surface area contributed by atoms with Crippen molar-refractivity contribution in [1.29, 1.82) is 0 Å². The summed E-state index contributed by atoms with van der Waals surface area (Å²) in [6.07, 6.45) is 6.93. The van der Waals surface area contributed by atoms with Gasteiger partial charge in [-0.15, -0.1) is 11.8 Å². The molecule has 3 rings (SSSR count). The van der Waals surface area contributed by atoms with Crippen molar-refractivity contribution in [2.75, 3.05) is 26.0 Å². The number of esters is 1. The number of aromatic nitrogens is 2. The molecule has 1 aromatic carbocycles. The summed E-state index contributed by atoms with van der Waals surface area (Å²) in [4.78, 5) is 25.7. The summed E-state index contributed by atoms with van der Waals surface area (Å²) < 4.78 is 6.61. The zero-order chi connectivity index (χ0) is 18.4. The average Bonchev–Trinajstić information content (AvgIpc) is 3.13. The Labute approximate surface area is 156 Å². The van der Waals surface area contributed by atoms with Gasteiger partial charge in [0.1, 0.15) is 5.25 Å². The van der Waals surface area contributed by atoms with Crippen LogP contribution in [0.2, 0.25) is 0 Å². The van der Waals surface area contributed by atoms with Crippen LogP contribution in [0.1, 0.15) is 11.1 Å². The van der Waals surface area contributed by atoms with E-state index in [0.717, 1.165) is 11.3 Å². The van der Waals surface area contributed by atoms with Crippen molar-refractivity contribution >= 4 is 29.7 Å². The fourth-order valence-electron chi connectivity index (χ4n) is 2.72. The Morgan fingerprint density at radius 2 is 2.15 bits per heavy atom. The number of carbonyl (C=O) groups excluding carboxylic acids is 2. The summed E-state index contributed by atoms with van der Waals surface area (Å²) in [5.74, 6) is 0.350. The maximum Gasteiger partial charge on any atom is 0.320 e. The smallest absolute Gasteiger partial charge is 0.320 e. The zero-order valence-corrected chi connectivity index (χ0v) is 15.4. The van der Waals surface area contributed by atoms with E-state index in [9.17, 15) is 9.59 Å². The molecule has 1 fully saturated rings. The van der Waals surface area contributed by atoms with E-state index >= 15 is 0 Å². The highest BCUT2D eigenvalue weighted by Gasteiger charge is 2.28. The molecule has 26 heavy (non-hydrogen) atoms. The molecular weight excluding hydrogens is 350 g/mol. The minimum absolute atomic E-state index is 0.102. The molecule has 2 heterocycles. The van der Waals surface area contributed by atoms with Crippen molar-refractivity contribution in [2.24, 2.45) is 0 Å². The summed E-state index contributed by atoms with van der Waals surface area (Å²) in [6, 6.07) is 10.1. The number of carbonyl (C=O) groups is 2. The maximum absolute atomic E-state index is 12.4. The van der Waals surface area contributed by atoms with Crippen molar-refractivity contribution in [1.82, 2.24) is 14.7 Å². The van der Waals surface area contributed by atoms with Gasteiger partial charge in [0, 0.05) is 36.7 Å². The normalized spacial score (nSPS) is 17.4. The van der Waals surface area contributed by atoms with Crippen LogP contribution in [0.25, 0.3) is 6.08 Å². The van der Waals surface area contributed by atoms with Crippen LogP contribution in [0.5, 0.6) is 0 Å². The van der Waals surface area contributed by atoms with E-state index in [0.29, 0.717) is 19.6 Å². The molecule has 1 aliphatic heterocycles. The second kappa shape index (κ2) is 8.71. The Balaban J connectivity index is 1.57. The molecule has 136 valence electrons. The van der Waals surface area contributed by atoms with Crippen LogP contribution in [-0.4, -0.2) is 57.8 Å². The molecular formula is C19H21N3O3S. The third kappa shape index (κ3) is 4.76. The number of methoxy groups -OCH3 is 1. The quantitative estimate of drug-likeness (QED) is 0.595. The molecule has 7 heteroatoms. The van der Waals surface area contributed by atoms with Crippen molar-refractivity contribution < 1.29 is 14.3 Å². The van der Waals surface area contributed by atoms with Gasteiger partial charge >= 0.3 is 5.97 Å². The second-order valence-electron chi connectivity index (χ2n) is 5.96. The number of amides is 1. The van der Waals surface area contributed by atoms with Gasteiger partial charge in [-0.25, -0.2) is 0 Å². The molecule has 0 N–H and O–H groups in total. The largest absolute Gasteiger partial charge is 0.468 e. The first kappa shape index (κ1) is 18.3. The molecule has 1 aromatic heterocycles. The number of nitrogens with zero attached hydrogens (tertiary/aromatic N) is 3. The Bertz CT molecular complexity index is 788. The minimum Gasteiger partial charge on any atom is -0.468 e. The Morgan fingerprint density at radius 3 is 2.92 bits per heavy atom. The first-order valence-electron chi connectivity index (χ1n) is 8.38. The predicted octanol–water partition coefficient (Wildman–Crippen LogP) is 2.06. The summed E-state index contributed by atoms with van der Waals surface area (Å²) in [5, 5.41) is 4.02. The molecule has 2 aromatic rings. The Kier molecular flexibility index (Phi) is 6.12. The summed E-state index contributed by atoms with van der Waals surface area (Å²) in [6.45, 7) is 1.70.